The van der Waals surface area contributed by atoms with E-state index in [1.54, 1.807) is 0 Å². The second-order valence-corrected chi connectivity index (χ2v) is 5.56. The smallest absolute Gasteiger partial charge is 0.0252 e. The van der Waals surface area contributed by atoms with Crippen molar-refractivity contribution < 1.29 is 0 Å². The van der Waals surface area contributed by atoms with Gasteiger partial charge in [-0.15, -0.1) is 0 Å². The van der Waals surface area contributed by atoms with Gasteiger partial charge in [0.15, 0.2) is 0 Å². The summed E-state index contributed by atoms with van der Waals surface area (Å²) < 4.78 is 0. The molecule has 2 nitrogen and oxygen atoms in total. The van der Waals surface area contributed by atoms with Crippen LogP contribution < -0.4 is 5.32 Å². The highest BCUT2D eigenvalue weighted by atomic mass is 15.2. The standard InChI is InChI=1S/C15H22N2/c1-12-2-4-13(5-3-12)11-17-9-8-16-10-15(17)14-6-7-14/h2-5,14-16H,6-11H2,1H3. The van der Waals surface area contributed by atoms with Crippen LogP contribution in [0.25, 0.3) is 0 Å². The van der Waals surface area contributed by atoms with Crippen molar-refractivity contribution >= 4 is 0 Å². The van der Waals surface area contributed by atoms with E-state index >= 15 is 0 Å². The Morgan fingerprint density at radius 3 is 2.71 bits per heavy atom. The van der Waals surface area contributed by atoms with E-state index in [2.05, 4.69) is 41.4 Å². The van der Waals surface area contributed by atoms with Gasteiger partial charge in [-0.2, -0.15) is 0 Å². The third-order valence-corrected chi connectivity index (χ3v) is 4.07. The summed E-state index contributed by atoms with van der Waals surface area (Å²) in [5, 5.41) is 3.54. The molecule has 1 N–H and O–H groups in total. The lowest BCUT2D eigenvalue weighted by molar-refractivity contribution is 0.135. The molecule has 92 valence electrons. The molecule has 0 spiro atoms. The van der Waals surface area contributed by atoms with E-state index in [4.69, 9.17) is 0 Å². The predicted octanol–water partition coefficient (Wildman–Crippen LogP) is 2.18. The summed E-state index contributed by atoms with van der Waals surface area (Å²) in [7, 11) is 0. The summed E-state index contributed by atoms with van der Waals surface area (Å²) in [6.07, 6.45) is 2.88. The van der Waals surface area contributed by atoms with Gasteiger partial charge >= 0.3 is 0 Å². The van der Waals surface area contributed by atoms with Gasteiger partial charge < -0.3 is 5.32 Å². The summed E-state index contributed by atoms with van der Waals surface area (Å²) in [6, 6.07) is 9.79. The molecular weight excluding hydrogens is 208 g/mol. The molecule has 1 atom stereocenters. The summed E-state index contributed by atoms with van der Waals surface area (Å²) in [5.74, 6) is 0.966. The fraction of sp³-hybridized carbons (Fsp3) is 0.600. The van der Waals surface area contributed by atoms with E-state index in [0.717, 1.165) is 25.0 Å². The Morgan fingerprint density at radius 1 is 1.24 bits per heavy atom. The average molecular weight is 230 g/mol. The van der Waals surface area contributed by atoms with Gasteiger partial charge in [0.25, 0.3) is 0 Å². The van der Waals surface area contributed by atoms with Crippen LogP contribution in [0.5, 0.6) is 0 Å². The summed E-state index contributed by atoms with van der Waals surface area (Å²) in [6.45, 7) is 6.82. The molecule has 1 aromatic carbocycles. The Labute approximate surface area is 104 Å². The van der Waals surface area contributed by atoms with Crippen LogP contribution in [-0.2, 0) is 6.54 Å². The first-order chi connectivity index (χ1) is 8.33. The van der Waals surface area contributed by atoms with E-state index in [-0.39, 0.29) is 0 Å². The molecule has 0 radical (unpaired) electrons. The molecule has 1 aliphatic heterocycles. The monoisotopic (exact) mass is 230 g/mol. The molecular formula is C15H22N2. The van der Waals surface area contributed by atoms with Gasteiger partial charge in [0.2, 0.25) is 0 Å². The lowest BCUT2D eigenvalue weighted by Crippen LogP contribution is -2.51. The van der Waals surface area contributed by atoms with Gasteiger partial charge in [-0.05, 0) is 31.2 Å². The topological polar surface area (TPSA) is 15.3 Å². The molecule has 3 rings (SSSR count). The molecule has 1 aliphatic carbocycles. The van der Waals surface area contributed by atoms with Crippen LogP contribution in [0.2, 0.25) is 0 Å². The van der Waals surface area contributed by atoms with Gasteiger partial charge in [0.05, 0.1) is 0 Å². The Hall–Kier alpha value is -0.860. The molecule has 1 aromatic rings. The van der Waals surface area contributed by atoms with Crippen molar-refractivity contribution in [3.8, 4) is 0 Å². The number of benzene rings is 1. The number of piperazine rings is 1. The Kier molecular flexibility index (Phi) is 3.17. The molecule has 1 saturated heterocycles. The first kappa shape index (κ1) is 11.2. The van der Waals surface area contributed by atoms with Crippen molar-refractivity contribution in [1.29, 1.82) is 0 Å². The van der Waals surface area contributed by atoms with Gasteiger partial charge in [-0.25, -0.2) is 0 Å². The van der Waals surface area contributed by atoms with Crippen molar-refractivity contribution in [1.82, 2.24) is 10.2 Å². The maximum atomic E-state index is 3.54. The fourth-order valence-electron chi connectivity index (χ4n) is 2.84. The average Bonchev–Trinajstić information content (AvgIpc) is 3.17. The molecule has 0 aromatic heterocycles. The molecule has 2 fully saturated rings. The predicted molar refractivity (Wildman–Crippen MR) is 71.0 cm³/mol. The van der Waals surface area contributed by atoms with Crippen molar-refractivity contribution in [2.45, 2.75) is 32.4 Å². The highest BCUT2D eigenvalue weighted by Gasteiger charge is 2.36. The first-order valence-electron chi connectivity index (χ1n) is 6.83. The van der Waals surface area contributed by atoms with Crippen LogP contribution in [0.1, 0.15) is 24.0 Å². The normalized spacial score (nSPS) is 26.1. The maximum Gasteiger partial charge on any atom is 0.0252 e. The minimum Gasteiger partial charge on any atom is -0.314 e. The van der Waals surface area contributed by atoms with Crippen molar-refractivity contribution in [2.75, 3.05) is 19.6 Å². The minimum absolute atomic E-state index is 0.782. The molecule has 2 heteroatoms. The highest BCUT2D eigenvalue weighted by Crippen LogP contribution is 2.36. The second-order valence-electron chi connectivity index (χ2n) is 5.56. The number of aryl methyl sites for hydroxylation is 1. The van der Waals surface area contributed by atoms with E-state index in [1.165, 1.54) is 37.1 Å². The van der Waals surface area contributed by atoms with Crippen molar-refractivity contribution in [2.24, 2.45) is 5.92 Å². The van der Waals surface area contributed by atoms with E-state index in [9.17, 15) is 0 Å². The number of rotatable bonds is 3. The highest BCUT2D eigenvalue weighted by molar-refractivity contribution is 5.21. The van der Waals surface area contributed by atoms with Crippen LogP contribution in [0, 0.1) is 12.8 Å². The van der Waals surface area contributed by atoms with Gasteiger partial charge in [0.1, 0.15) is 0 Å². The SMILES string of the molecule is Cc1ccc(CN2CCNCC2C2CC2)cc1. The first-order valence-corrected chi connectivity index (χ1v) is 6.83. The number of nitrogens with zero attached hydrogens (tertiary/aromatic N) is 1. The van der Waals surface area contributed by atoms with Crippen LogP contribution in [-0.4, -0.2) is 30.6 Å². The summed E-state index contributed by atoms with van der Waals surface area (Å²) >= 11 is 0. The summed E-state index contributed by atoms with van der Waals surface area (Å²) in [4.78, 5) is 2.68. The van der Waals surface area contributed by atoms with Crippen LogP contribution in [0.4, 0.5) is 0 Å². The van der Waals surface area contributed by atoms with Gasteiger partial charge in [0, 0.05) is 32.2 Å². The Balaban J connectivity index is 1.67. The van der Waals surface area contributed by atoms with E-state index in [0.29, 0.717) is 0 Å². The zero-order valence-electron chi connectivity index (χ0n) is 10.7. The fourth-order valence-corrected chi connectivity index (χ4v) is 2.84. The van der Waals surface area contributed by atoms with Gasteiger partial charge in [-0.1, -0.05) is 29.8 Å². The quantitative estimate of drug-likeness (QED) is 0.856. The lowest BCUT2D eigenvalue weighted by atomic mass is 10.1. The van der Waals surface area contributed by atoms with E-state index in [1.807, 2.05) is 0 Å². The number of hydrogen-bond donors (Lipinski definition) is 1. The maximum absolute atomic E-state index is 3.54. The molecule has 0 bridgehead atoms. The van der Waals surface area contributed by atoms with Crippen LogP contribution in [0.3, 0.4) is 0 Å². The minimum atomic E-state index is 0.782. The molecule has 2 aliphatic rings. The third kappa shape index (κ3) is 2.70. The molecule has 1 saturated carbocycles. The molecule has 17 heavy (non-hydrogen) atoms. The zero-order chi connectivity index (χ0) is 11.7. The summed E-state index contributed by atoms with van der Waals surface area (Å²) in [5.41, 5.74) is 2.82. The number of hydrogen-bond acceptors (Lipinski definition) is 2. The third-order valence-electron chi connectivity index (χ3n) is 4.07. The van der Waals surface area contributed by atoms with Crippen molar-refractivity contribution in [3.05, 3.63) is 35.4 Å². The van der Waals surface area contributed by atoms with E-state index < -0.39 is 0 Å². The van der Waals surface area contributed by atoms with Crippen molar-refractivity contribution in [3.63, 3.8) is 0 Å². The molecule has 1 heterocycles. The Morgan fingerprint density at radius 2 is 2.00 bits per heavy atom. The molecule has 1 unspecified atom stereocenters. The van der Waals surface area contributed by atoms with Crippen LogP contribution in [0.15, 0.2) is 24.3 Å². The lowest BCUT2D eigenvalue weighted by Gasteiger charge is -2.36. The zero-order valence-corrected chi connectivity index (χ0v) is 10.7. The second kappa shape index (κ2) is 4.79. The Bertz CT molecular complexity index is 367. The van der Waals surface area contributed by atoms with Crippen LogP contribution >= 0.6 is 0 Å². The largest absolute Gasteiger partial charge is 0.314 e. The van der Waals surface area contributed by atoms with Gasteiger partial charge in [-0.3, -0.25) is 4.90 Å². The molecule has 0 amide bonds. The number of nitrogens with one attached hydrogen (secondary N) is 1.